The molecule has 3 aliphatic carbocycles. The highest BCUT2D eigenvalue weighted by molar-refractivity contribution is 6.74. The van der Waals surface area contributed by atoms with E-state index >= 15 is 9.59 Å². The Labute approximate surface area is 322 Å². The summed E-state index contributed by atoms with van der Waals surface area (Å²) in [6.07, 6.45) is 0.962. The maximum atomic E-state index is 15.5. The number of nitrogens with one attached hydrogen (secondary N) is 1. The van der Waals surface area contributed by atoms with Crippen LogP contribution in [0.25, 0.3) is 0 Å². The maximum Gasteiger partial charge on any atom is 0.265 e. The molecule has 2 N–H and O–H groups in total. The van der Waals surface area contributed by atoms with Gasteiger partial charge in [-0.3, -0.25) is 14.5 Å². The molecule has 6 rings (SSSR count). The standard InChI is InChI=1S/C43H60N4O6Si/c1-25-19-28(22-44-24-41(2,3)4)34(46(8)9)29-20-27-21-30-35(47(10)11)37-33(40(45-52-37)51-23-26-17-15-14-16-18-26)39(50)43(30,53-54(12,13)42(5,6)7)38(49)32(27)36(48)31(25)29/h14-19,27,30,35,44,49H,20-24H2,1-13H3/t27-,30-,35-,43-/m0/s1. The molecular formula is C43H60N4O6Si. The third kappa shape index (κ3) is 6.75. The lowest BCUT2D eigenvalue weighted by molar-refractivity contribution is -0.0480. The van der Waals surface area contributed by atoms with Crippen LogP contribution in [0.2, 0.25) is 18.1 Å². The summed E-state index contributed by atoms with van der Waals surface area (Å²) in [5.74, 6) is -1.47. The van der Waals surface area contributed by atoms with Crippen molar-refractivity contribution in [1.82, 2.24) is 15.4 Å². The molecule has 292 valence electrons. The number of carbonyl (C=O) groups excluding carboxylic acids is 2. The van der Waals surface area contributed by atoms with E-state index < -0.39 is 31.7 Å². The van der Waals surface area contributed by atoms with Crippen LogP contribution in [0.15, 0.2) is 52.3 Å². The van der Waals surface area contributed by atoms with Crippen molar-refractivity contribution < 1.29 is 28.4 Å². The second-order valence-electron chi connectivity index (χ2n) is 18.8. The molecule has 0 spiro atoms. The van der Waals surface area contributed by atoms with Crippen molar-refractivity contribution in [2.24, 2.45) is 17.3 Å². The van der Waals surface area contributed by atoms with Crippen LogP contribution in [0.1, 0.15) is 103 Å². The number of rotatable bonds is 10. The quantitative estimate of drug-likeness (QED) is 0.196. The van der Waals surface area contributed by atoms with E-state index in [4.69, 9.17) is 13.7 Å². The Morgan fingerprint density at radius 3 is 2.30 bits per heavy atom. The SMILES string of the molecule is Cc1cc(CNCC(C)(C)C)c(N(C)C)c2c1C(=O)C1=C(O)[C@]3(O[Si](C)(C)C(C)(C)C)C(=O)c4c(OCc5ccccc5)noc4[C@@H](N(C)C)[C@@H]3C[C@@H]1C2. The van der Waals surface area contributed by atoms with Crippen molar-refractivity contribution in [2.45, 2.75) is 104 Å². The number of ether oxygens (including phenoxy) is 1. The lowest BCUT2D eigenvalue weighted by atomic mass is 9.58. The smallest absolute Gasteiger partial charge is 0.265 e. The minimum atomic E-state index is -2.82. The number of aliphatic hydroxyl groups excluding tert-OH is 1. The average Bonchev–Trinajstić information content (AvgIpc) is 3.47. The van der Waals surface area contributed by atoms with Crippen molar-refractivity contribution >= 4 is 25.6 Å². The Morgan fingerprint density at radius 1 is 1.04 bits per heavy atom. The minimum absolute atomic E-state index is 0.0571. The number of nitrogens with zero attached hydrogens (tertiary/aromatic N) is 3. The number of anilines is 1. The normalized spacial score (nSPS) is 22.9. The molecule has 0 aliphatic heterocycles. The summed E-state index contributed by atoms with van der Waals surface area (Å²) in [4.78, 5) is 34.7. The fraction of sp³-hybridized carbons (Fsp3) is 0.558. The molecule has 0 fully saturated rings. The number of Topliss-reactive ketones (excluding diaryl/α,β-unsaturated/α-hetero) is 2. The molecule has 1 heterocycles. The molecule has 0 saturated heterocycles. The van der Waals surface area contributed by atoms with Crippen LogP contribution in [-0.2, 0) is 24.0 Å². The average molecular weight is 757 g/mol. The largest absolute Gasteiger partial charge is 0.508 e. The van der Waals surface area contributed by atoms with E-state index in [9.17, 15) is 5.11 Å². The van der Waals surface area contributed by atoms with Crippen LogP contribution in [-0.4, -0.2) is 75.4 Å². The lowest BCUT2D eigenvalue weighted by Gasteiger charge is -2.55. The van der Waals surface area contributed by atoms with Gasteiger partial charge in [0.05, 0.1) is 6.04 Å². The fourth-order valence-electron chi connectivity index (χ4n) is 8.59. The second kappa shape index (κ2) is 14.1. The zero-order chi connectivity index (χ0) is 39.7. The zero-order valence-corrected chi connectivity index (χ0v) is 35.6. The molecule has 11 heteroatoms. The fourth-order valence-corrected chi connectivity index (χ4v) is 10.0. The number of hydrogen-bond donors (Lipinski definition) is 2. The Balaban J connectivity index is 1.55. The summed E-state index contributed by atoms with van der Waals surface area (Å²) < 4.78 is 19.6. The first kappa shape index (κ1) is 39.9. The van der Waals surface area contributed by atoms with Gasteiger partial charge in [0.15, 0.2) is 25.5 Å². The molecule has 2 aromatic carbocycles. The van der Waals surface area contributed by atoms with E-state index in [0.717, 1.165) is 34.5 Å². The Kier molecular flexibility index (Phi) is 10.4. The molecule has 54 heavy (non-hydrogen) atoms. The molecule has 4 atom stereocenters. The Hall–Kier alpha value is -3.77. The minimum Gasteiger partial charge on any atom is -0.508 e. The molecule has 0 bridgehead atoms. The third-order valence-electron chi connectivity index (χ3n) is 12.0. The summed E-state index contributed by atoms with van der Waals surface area (Å²) in [6, 6.07) is 11.2. The van der Waals surface area contributed by atoms with Gasteiger partial charge in [-0.05, 0) is 90.7 Å². The number of fused-ring (bicyclic) bond motifs is 4. The van der Waals surface area contributed by atoms with Gasteiger partial charge < -0.3 is 29.0 Å². The first-order chi connectivity index (χ1) is 25.1. The Bertz CT molecular complexity index is 1970. The summed E-state index contributed by atoms with van der Waals surface area (Å²) in [7, 11) is 5.11. The van der Waals surface area contributed by atoms with Gasteiger partial charge in [0.2, 0.25) is 5.78 Å². The number of aromatic nitrogens is 1. The van der Waals surface area contributed by atoms with Crippen LogP contribution in [0.3, 0.4) is 0 Å². The predicted octanol–water partition coefficient (Wildman–Crippen LogP) is 8.21. The summed E-state index contributed by atoms with van der Waals surface area (Å²) >= 11 is 0. The molecule has 3 aliphatic rings. The van der Waals surface area contributed by atoms with Crippen molar-refractivity contribution in [2.75, 3.05) is 39.6 Å². The van der Waals surface area contributed by atoms with Gasteiger partial charge in [-0.25, -0.2) is 0 Å². The van der Waals surface area contributed by atoms with Crippen LogP contribution in [0, 0.1) is 24.2 Å². The number of benzene rings is 2. The highest BCUT2D eigenvalue weighted by atomic mass is 28.4. The van der Waals surface area contributed by atoms with Crippen molar-refractivity contribution in [3.63, 3.8) is 0 Å². The second-order valence-corrected chi connectivity index (χ2v) is 23.5. The van der Waals surface area contributed by atoms with E-state index in [1.165, 1.54) is 0 Å². The van der Waals surface area contributed by atoms with Crippen molar-refractivity contribution in [3.8, 4) is 5.88 Å². The van der Waals surface area contributed by atoms with E-state index in [1.807, 2.05) is 70.3 Å². The summed E-state index contributed by atoms with van der Waals surface area (Å²) in [5, 5.41) is 20.6. The van der Waals surface area contributed by atoms with Gasteiger partial charge in [-0.2, -0.15) is 0 Å². The maximum absolute atomic E-state index is 15.5. The van der Waals surface area contributed by atoms with Crippen molar-refractivity contribution in [1.29, 1.82) is 0 Å². The molecule has 0 saturated carbocycles. The molecule has 10 nitrogen and oxygen atoms in total. The number of ketones is 2. The highest BCUT2D eigenvalue weighted by Crippen LogP contribution is 2.60. The van der Waals surface area contributed by atoms with E-state index in [-0.39, 0.29) is 51.5 Å². The number of aryl methyl sites for hydroxylation is 1. The topological polar surface area (TPSA) is 117 Å². The van der Waals surface area contributed by atoms with Crippen molar-refractivity contribution in [3.05, 3.63) is 86.9 Å². The van der Waals surface area contributed by atoms with Gasteiger partial charge >= 0.3 is 0 Å². The molecule has 0 amide bonds. The molecule has 1 aromatic heterocycles. The molecular weight excluding hydrogens is 697 g/mol. The van der Waals surface area contributed by atoms with Crippen LogP contribution >= 0.6 is 0 Å². The van der Waals surface area contributed by atoms with E-state index in [0.29, 0.717) is 30.7 Å². The van der Waals surface area contributed by atoms with Gasteiger partial charge in [0, 0.05) is 49.9 Å². The predicted molar refractivity (Wildman–Crippen MR) is 215 cm³/mol. The lowest BCUT2D eigenvalue weighted by Crippen LogP contribution is -2.65. The van der Waals surface area contributed by atoms with E-state index in [1.54, 1.807) is 0 Å². The monoisotopic (exact) mass is 756 g/mol. The van der Waals surface area contributed by atoms with E-state index in [2.05, 4.69) is 76.1 Å². The number of aliphatic hydroxyl groups is 1. The van der Waals surface area contributed by atoms with Crippen LogP contribution < -0.4 is 15.0 Å². The number of hydrogen-bond acceptors (Lipinski definition) is 10. The van der Waals surface area contributed by atoms with Gasteiger partial charge in [0.25, 0.3) is 5.88 Å². The third-order valence-corrected chi connectivity index (χ3v) is 16.4. The van der Waals surface area contributed by atoms with Gasteiger partial charge in [-0.1, -0.05) is 77.9 Å². The number of carbonyl (C=O) groups is 2. The number of allylic oxidation sites excluding steroid dienone is 1. The Morgan fingerprint density at radius 2 is 1.70 bits per heavy atom. The first-order valence-corrected chi connectivity index (χ1v) is 22.1. The first-order valence-electron chi connectivity index (χ1n) is 19.2. The molecule has 0 radical (unpaired) electrons. The summed E-state index contributed by atoms with van der Waals surface area (Å²) in [5.41, 5.74) is 4.21. The highest BCUT2D eigenvalue weighted by Gasteiger charge is 2.67. The van der Waals surface area contributed by atoms with Gasteiger partial charge in [-0.15, -0.1) is 0 Å². The van der Waals surface area contributed by atoms with Crippen LogP contribution in [0.5, 0.6) is 5.88 Å². The zero-order valence-electron chi connectivity index (χ0n) is 34.6. The molecule has 3 aromatic rings. The summed E-state index contributed by atoms with van der Waals surface area (Å²) in [6.45, 7) is 20.8. The van der Waals surface area contributed by atoms with Gasteiger partial charge in [0.1, 0.15) is 17.9 Å². The molecule has 0 unspecified atom stereocenters. The van der Waals surface area contributed by atoms with Crippen LogP contribution in [0.4, 0.5) is 5.69 Å².